The summed E-state index contributed by atoms with van der Waals surface area (Å²) in [5.41, 5.74) is 3.73. The van der Waals surface area contributed by atoms with Crippen molar-refractivity contribution < 1.29 is 23.8 Å². The number of carbonyl (C=O) groups is 2. The average Bonchev–Trinajstić information content (AvgIpc) is 2.90. The van der Waals surface area contributed by atoms with Crippen LogP contribution in [0.3, 0.4) is 0 Å². The molecule has 0 spiro atoms. The molecule has 0 atom stereocenters. The van der Waals surface area contributed by atoms with Crippen LogP contribution in [0, 0.1) is 5.92 Å². The lowest BCUT2D eigenvalue weighted by Gasteiger charge is -2.30. The smallest absolute Gasteiger partial charge is 0.341 e. The zero-order chi connectivity index (χ0) is 26.8. The molecule has 0 heterocycles. The molecule has 5 heteroatoms. The normalized spacial score (nSPS) is 17.2. The molecule has 0 N–H and O–H groups in total. The Hall–Kier alpha value is -3.18. The van der Waals surface area contributed by atoms with Gasteiger partial charge >= 0.3 is 11.9 Å². The fourth-order valence-electron chi connectivity index (χ4n) is 4.90. The van der Waals surface area contributed by atoms with Crippen molar-refractivity contribution in [2.24, 2.45) is 5.92 Å². The van der Waals surface area contributed by atoms with Gasteiger partial charge in [0.05, 0.1) is 12.2 Å². The Morgan fingerprint density at radius 2 is 1.57 bits per heavy atom. The molecule has 1 fully saturated rings. The van der Waals surface area contributed by atoms with Crippen molar-refractivity contribution in [1.29, 1.82) is 0 Å². The molecule has 37 heavy (non-hydrogen) atoms. The Bertz CT molecular complexity index is 1090. The zero-order valence-corrected chi connectivity index (χ0v) is 22.5. The first-order valence-electron chi connectivity index (χ1n) is 13.3. The minimum Gasteiger partial charge on any atom is -0.423 e. The van der Waals surface area contributed by atoms with Gasteiger partial charge in [-0.25, -0.2) is 9.59 Å². The third-order valence-corrected chi connectivity index (χ3v) is 7.07. The SMILES string of the molecule is C=C(C)C(=O)Oc1ccc(-c2ccc(OC(=O)C(=C)COC)cc2)cc1C1CCC(CCCCC)CC1. The van der Waals surface area contributed by atoms with Crippen LogP contribution in [0.15, 0.2) is 66.8 Å². The van der Waals surface area contributed by atoms with Crippen molar-refractivity contribution in [3.8, 4) is 22.6 Å². The monoisotopic (exact) mass is 504 g/mol. The van der Waals surface area contributed by atoms with Gasteiger partial charge in [-0.2, -0.15) is 0 Å². The van der Waals surface area contributed by atoms with Gasteiger partial charge in [-0.3, -0.25) is 0 Å². The molecule has 1 aliphatic carbocycles. The molecule has 2 aromatic carbocycles. The largest absolute Gasteiger partial charge is 0.423 e. The van der Waals surface area contributed by atoms with Gasteiger partial charge in [-0.15, -0.1) is 0 Å². The first kappa shape index (κ1) is 28.4. The molecule has 0 bridgehead atoms. The zero-order valence-electron chi connectivity index (χ0n) is 22.5. The van der Waals surface area contributed by atoms with E-state index < -0.39 is 11.9 Å². The summed E-state index contributed by atoms with van der Waals surface area (Å²) in [6.07, 6.45) is 9.80. The lowest BCUT2D eigenvalue weighted by atomic mass is 9.76. The highest BCUT2D eigenvalue weighted by molar-refractivity contribution is 5.90. The molecule has 0 radical (unpaired) electrons. The molecule has 1 aliphatic rings. The van der Waals surface area contributed by atoms with E-state index >= 15 is 0 Å². The van der Waals surface area contributed by atoms with Crippen molar-refractivity contribution in [2.75, 3.05) is 13.7 Å². The van der Waals surface area contributed by atoms with Gasteiger partial charge in [-0.05, 0) is 85.4 Å². The van der Waals surface area contributed by atoms with Gasteiger partial charge in [0.15, 0.2) is 0 Å². The van der Waals surface area contributed by atoms with E-state index in [4.69, 9.17) is 14.2 Å². The van der Waals surface area contributed by atoms with Crippen LogP contribution in [-0.2, 0) is 14.3 Å². The molecule has 1 saturated carbocycles. The topological polar surface area (TPSA) is 61.8 Å². The summed E-state index contributed by atoms with van der Waals surface area (Å²) >= 11 is 0. The Morgan fingerprint density at radius 3 is 2.19 bits per heavy atom. The molecule has 0 saturated heterocycles. The number of ether oxygens (including phenoxy) is 3. The number of benzene rings is 2. The maximum Gasteiger partial charge on any atom is 0.341 e. The first-order valence-corrected chi connectivity index (χ1v) is 13.3. The van der Waals surface area contributed by atoms with Crippen LogP contribution < -0.4 is 9.47 Å². The Balaban J connectivity index is 1.78. The highest BCUT2D eigenvalue weighted by Crippen LogP contribution is 2.42. The highest BCUT2D eigenvalue weighted by Gasteiger charge is 2.26. The number of methoxy groups -OCH3 is 1. The fraction of sp³-hybridized carbons (Fsp3) is 0.438. The third-order valence-electron chi connectivity index (χ3n) is 7.07. The van der Waals surface area contributed by atoms with Gasteiger partial charge < -0.3 is 14.2 Å². The number of carbonyl (C=O) groups excluding carboxylic acids is 2. The lowest BCUT2D eigenvalue weighted by molar-refractivity contribution is -0.131. The summed E-state index contributed by atoms with van der Waals surface area (Å²) in [5, 5.41) is 0. The van der Waals surface area contributed by atoms with Crippen LogP contribution in [0.4, 0.5) is 0 Å². The summed E-state index contributed by atoms with van der Waals surface area (Å²) in [4.78, 5) is 24.4. The lowest BCUT2D eigenvalue weighted by Crippen LogP contribution is -2.16. The molecule has 0 aromatic heterocycles. The van der Waals surface area contributed by atoms with Crippen molar-refractivity contribution in [3.05, 3.63) is 72.3 Å². The van der Waals surface area contributed by atoms with Crippen LogP contribution in [0.25, 0.3) is 11.1 Å². The minimum absolute atomic E-state index is 0.128. The van der Waals surface area contributed by atoms with Crippen molar-refractivity contribution in [2.45, 2.75) is 71.1 Å². The second-order valence-electron chi connectivity index (χ2n) is 10.1. The van der Waals surface area contributed by atoms with E-state index in [2.05, 4.69) is 26.1 Å². The van der Waals surface area contributed by atoms with Crippen molar-refractivity contribution >= 4 is 11.9 Å². The van der Waals surface area contributed by atoms with Gasteiger partial charge in [0.25, 0.3) is 0 Å². The molecule has 5 nitrogen and oxygen atoms in total. The van der Waals surface area contributed by atoms with Gasteiger partial charge in [0.1, 0.15) is 11.5 Å². The highest BCUT2D eigenvalue weighted by atomic mass is 16.5. The first-order chi connectivity index (χ1) is 17.8. The van der Waals surface area contributed by atoms with Crippen molar-refractivity contribution in [1.82, 2.24) is 0 Å². The summed E-state index contributed by atoms with van der Waals surface area (Å²) in [6, 6.07) is 13.4. The molecular formula is C32H40O5. The Labute approximate surface area is 221 Å². The van der Waals surface area contributed by atoms with E-state index in [1.165, 1.54) is 45.6 Å². The predicted molar refractivity (Wildman–Crippen MR) is 148 cm³/mol. The molecule has 0 aliphatic heterocycles. The van der Waals surface area contributed by atoms with E-state index in [0.29, 0.717) is 23.0 Å². The summed E-state index contributed by atoms with van der Waals surface area (Å²) in [6.45, 7) is 11.5. The standard InChI is InChI=1S/C32H40O5/c1-6-7-8-9-24-10-12-26(13-11-24)29-20-27(16-19-30(29)37-31(33)22(2)3)25-14-17-28(18-15-25)36-32(34)23(4)21-35-5/h14-20,24,26H,2,4,6-13,21H2,1,3,5H3. The fourth-order valence-corrected chi connectivity index (χ4v) is 4.90. The van der Waals surface area contributed by atoms with E-state index in [1.54, 1.807) is 19.1 Å². The number of hydrogen-bond acceptors (Lipinski definition) is 5. The second-order valence-corrected chi connectivity index (χ2v) is 10.1. The van der Waals surface area contributed by atoms with E-state index in [-0.39, 0.29) is 12.2 Å². The Morgan fingerprint density at radius 1 is 0.892 bits per heavy atom. The number of unbranched alkanes of at least 4 members (excludes halogenated alkanes) is 2. The molecule has 0 unspecified atom stereocenters. The quantitative estimate of drug-likeness (QED) is 0.128. The summed E-state index contributed by atoms with van der Waals surface area (Å²) in [5.74, 6) is 1.30. The van der Waals surface area contributed by atoms with Crippen LogP contribution in [-0.4, -0.2) is 25.7 Å². The van der Waals surface area contributed by atoms with Gasteiger partial charge in [-0.1, -0.05) is 64.0 Å². The van der Waals surface area contributed by atoms with Crippen LogP contribution in [0.2, 0.25) is 0 Å². The van der Waals surface area contributed by atoms with Crippen LogP contribution in [0.1, 0.15) is 76.7 Å². The number of rotatable bonds is 12. The Kier molecular flexibility index (Phi) is 10.7. The predicted octanol–water partition coefficient (Wildman–Crippen LogP) is 7.80. The van der Waals surface area contributed by atoms with E-state index in [0.717, 1.165) is 35.4 Å². The van der Waals surface area contributed by atoms with Gasteiger partial charge in [0, 0.05) is 12.7 Å². The van der Waals surface area contributed by atoms with Crippen molar-refractivity contribution in [3.63, 3.8) is 0 Å². The molecule has 0 amide bonds. The molecule has 3 rings (SSSR count). The number of esters is 2. The summed E-state index contributed by atoms with van der Waals surface area (Å²) < 4.78 is 16.1. The van der Waals surface area contributed by atoms with Gasteiger partial charge in [0.2, 0.25) is 0 Å². The maximum atomic E-state index is 12.3. The van der Waals surface area contributed by atoms with E-state index in [9.17, 15) is 9.59 Å². The second kappa shape index (κ2) is 13.9. The van der Waals surface area contributed by atoms with Crippen LogP contribution in [0.5, 0.6) is 11.5 Å². The molecule has 2 aromatic rings. The minimum atomic E-state index is -0.508. The molecular weight excluding hydrogens is 464 g/mol. The van der Waals surface area contributed by atoms with E-state index in [1.807, 2.05) is 24.3 Å². The third kappa shape index (κ3) is 8.16. The number of hydrogen-bond donors (Lipinski definition) is 0. The maximum absolute atomic E-state index is 12.3. The summed E-state index contributed by atoms with van der Waals surface area (Å²) in [7, 11) is 1.51. The van der Waals surface area contributed by atoms with Crippen LogP contribution >= 0.6 is 0 Å². The average molecular weight is 505 g/mol. The molecule has 198 valence electrons.